The lowest BCUT2D eigenvalue weighted by atomic mass is 9.77. The number of aromatic hydroxyl groups is 1. The number of fused-ring (bicyclic) bond motifs is 6. The van der Waals surface area contributed by atoms with Crippen molar-refractivity contribution in [3.63, 3.8) is 0 Å². The first-order chi connectivity index (χ1) is 16.4. The molecule has 2 aliphatic heterocycles. The predicted molar refractivity (Wildman–Crippen MR) is 123 cm³/mol. The molecule has 0 amide bonds. The molecule has 1 unspecified atom stereocenters. The summed E-state index contributed by atoms with van der Waals surface area (Å²) in [6, 6.07) is 15.9. The number of phenols is 1. The lowest BCUT2D eigenvalue weighted by molar-refractivity contribution is -0.136. The number of nitrogens with two attached hydrogens (primary N) is 2. The fraction of sp³-hybridized carbons (Fsp3) is 0.231. The van der Waals surface area contributed by atoms with Gasteiger partial charge in [0.2, 0.25) is 0 Å². The summed E-state index contributed by atoms with van der Waals surface area (Å²) in [6.45, 7) is 0.538. The van der Waals surface area contributed by atoms with Gasteiger partial charge in [-0.25, -0.2) is 9.59 Å². The molecule has 0 radical (unpaired) electrons. The number of hydrogen-bond acceptors (Lipinski definition) is 8. The van der Waals surface area contributed by atoms with Crippen LogP contribution in [-0.4, -0.2) is 29.6 Å². The SMILES string of the molecule is NCCCC[C@H](N)C(=O)Oc1ccc2c(c1)Oc1cc(O)ccc1C21OC(=O)c2ccccc21. The van der Waals surface area contributed by atoms with Gasteiger partial charge in [0.25, 0.3) is 0 Å². The predicted octanol–water partition coefficient (Wildman–Crippen LogP) is 3.32. The van der Waals surface area contributed by atoms with E-state index >= 15 is 0 Å². The number of ether oxygens (including phenoxy) is 3. The van der Waals surface area contributed by atoms with Gasteiger partial charge in [0.05, 0.1) is 5.56 Å². The minimum Gasteiger partial charge on any atom is -0.508 e. The number of phenolic OH excluding ortho intramolecular Hbond substituents is 1. The van der Waals surface area contributed by atoms with Crippen molar-refractivity contribution < 1.29 is 28.9 Å². The van der Waals surface area contributed by atoms with Crippen LogP contribution in [-0.2, 0) is 15.1 Å². The Labute approximate surface area is 196 Å². The molecule has 0 bridgehead atoms. The van der Waals surface area contributed by atoms with Crippen LogP contribution in [0, 0.1) is 0 Å². The lowest BCUT2D eigenvalue weighted by Crippen LogP contribution is -2.34. The second kappa shape index (κ2) is 8.48. The summed E-state index contributed by atoms with van der Waals surface area (Å²) in [5.41, 5.74) is 12.5. The van der Waals surface area contributed by atoms with Gasteiger partial charge in [-0.05, 0) is 49.7 Å². The molecular formula is C26H24N2O6. The van der Waals surface area contributed by atoms with Gasteiger partial charge in [-0.15, -0.1) is 0 Å². The van der Waals surface area contributed by atoms with Gasteiger partial charge in [0.15, 0.2) is 5.60 Å². The molecule has 0 aromatic heterocycles. The Kier molecular flexibility index (Phi) is 5.47. The van der Waals surface area contributed by atoms with Crippen molar-refractivity contribution in [3.05, 3.63) is 82.9 Å². The number of carbonyl (C=O) groups excluding carboxylic acids is 2. The molecule has 34 heavy (non-hydrogen) atoms. The molecule has 0 aliphatic carbocycles. The minimum atomic E-state index is -1.26. The van der Waals surface area contributed by atoms with Gasteiger partial charge in [-0.2, -0.15) is 0 Å². The third-order valence-electron chi connectivity index (χ3n) is 6.16. The van der Waals surface area contributed by atoms with Crippen LogP contribution >= 0.6 is 0 Å². The highest BCUT2D eigenvalue weighted by atomic mass is 16.6. The van der Waals surface area contributed by atoms with Gasteiger partial charge in [0.1, 0.15) is 29.0 Å². The smallest absolute Gasteiger partial charge is 0.340 e. The number of unbranched alkanes of at least 4 members (excludes halogenated alkanes) is 1. The highest BCUT2D eigenvalue weighted by Gasteiger charge is 2.53. The van der Waals surface area contributed by atoms with Crippen molar-refractivity contribution in [2.75, 3.05) is 6.54 Å². The number of rotatable bonds is 6. The van der Waals surface area contributed by atoms with Crippen molar-refractivity contribution in [2.45, 2.75) is 30.9 Å². The molecular weight excluding hydrogens is 436 g/mol. The van der Waals surface area contributed by atoms with Gasteiger partial charge < -0.3 is 30.8 Å². The van der Waals surface area contributed by atoms with E-state index < -0.39 is 23.6 Å². The van der Waals surface area contributed by atoms with Crippen LogP contribution < -0.4 is 20.9 Å². The number of carbonyl (C=O) groups is 2. The molecule has 3 aromatic carbocycles. The number of esters is 2. The fourth-order valence-corrected chi connectivity index (χ4v) is 4.53. The quantitative estimate of drug-likeness (QED) is 0.290. The Morgan fingerprint density at radius 2 is 1.74 bits per heavy atom. The topological polar surface area (TPSA) is 134 Å². The van der Waals surface area contributed by atoms with E-state index in [0.717, 1.165) is 12.8 Å². The Hall–Kier alpha value is -3.88. The Morgan fingerprint density at radius 1 is 1.00 bits per heavy atom. The van der Waals surface area contributed by atoms with Gasteiger partial charge >= 0.3 is 11.9 Å². The van der Waals surface area contributed by atoms with Crippen LogP contribution in [0.3, 0.4) is 0 Å². The van der Waals surface area contributed by atoms with Gasteiger partial charge in [-0.3, -0.25) is 0 Å². The van der Waals surface area contributed by atoms with Crippen molar-refractivity contribution in [3.8, 4) is 23.0 Å². The van der Waals surface area contributed by atoms with E-state index in [1.807, 2.05) is 12.1 Å². The van der Waals surface area contributed by atoms with Crippen LogP contribution in [0.1, 0.15) is 46.3 Å². The van der Waals surface area contributed by atoms with Crippen LogP contribution in [0.4, 0.5) is 0 Å². The van der Waals surface area contributed by atoms with Gasteiger partial charge in [-0.1, -0.05) is 24.6 Å². The summed E-state index contributed by atoms with van der Waals surface area (Å²) in [6.07, 6.45) is 1.98. The molecule has 174 valence electrons. The molecule has 0 saturated heterocycles. The molecule has 5 rings (SSSR count). The lowest BCUT2D eigenvalue weighted by Gasteiger charge is -2.36. The zero-order chi connectivity index (χ0) is 23.9. The molecule has 5 N–H and O–H groups in total. The average Bonchev–Trinajstić information content (AvgIpc) is 3.12. The van der Waals surface area contributed by atoms with Crippen molar-refractivity contribution in [1.29, 1.82) is 0 Å². The summed E-state index contributed by atoms with van der Waals surface area (Å²) in [4.78, 5) is 25.3. The van der Waals surface area contributed by atoms with Crippen LogP contribution in [0.2, 0.25) is 0 Å². The normalized spacial score (nSPS) is 18.4. The number of hydrogen-bond donors (Lipinski definition) is 3. The maximum Gasteiger partial charge on any atom is 0.340 e. The van der Waals surface area contributed by atoms with E-state index in [1.165, 1.54) is 12.1 Å². The van der Waals surface area contributed by atoms with Crippen molar-refractivity contribution in [1.82, 2.24) is 0 Å². The van der Waals surface area contributed by atoms with Crippen molar-refractivity contribution in [2.24, 2.45) is 11.5 Å². The van der Waals surface area contributed by atoms with Gasteiger partial charge in [0, 0.05) is 28.8 Å². The molecule has 2 aliphatic rings. The molecule has 8 nitrogen and oxygen atoms in total. The highest BCUT2D eigenvalue weighted by Crippen LogP contribution is 2.56. The third kappa shape index (κ3) is 3.48. The van der Waals surface area contributed by atoms with E-state index in [1.54, 1.807) is 36.4 Å². The Balaban J connectivity index is 1.55. The molecule has 2 heterocycles. The largest absolute Gasteiger partial charge is 0.508 e. The first kappa shape index (κ1) is 21.9. The summed E-state index contributed by atoms with van der Waals surface area (Å²) in [5.74, 6) is -0.0986. The highest BCUT2D eigenvalue weighted by molar-refractivity contribution is 5.97. The third-order valence-corrected chi connectivity index (χ3v) is 6.16. The molecule has 2 atom stereocenters. The summed E-state index contributed by atoms with van der Waals surface area (Å²) >= 11 is 0. The van der Waals surface area contributed by atoms with E-state index in [4.69, 9.17) is 25.7 Å². The zero-order valence-electron chi connectivity index (χ0n) is 18.3. The summed E-state index contributed by atoms with van der Waals surface area (Å²) in [5, 5.41) is 10.1. The molecule has 0 fully saturated rings. The molecule has 8 heteroatoms. The summed E-state index contributed by atoms with van der Waals surface area (Å²) in [7, 11) is 0. The van der Waals surface area contributed by atoms with E-state index in [9.17, 15) is 14.7 Å². The molecule has 3 aromatic rings. The standard InChI is InChI=1S/C26H24N2O6/c27-12-4-3-7-21(28)25(31)32-16-9-11-20-23(14-16)33-22-13-15(29)8-10-19(22)26(20)18-6-2-1-5-17(18)24(30)34-26/h1-2,5-6,8-11,13-14,21,29H,3-4,7,12,27-28H2/t21-,26?/m0/s1. The second-order valence-corrected chi connectivity index (χ2v) is 8.37. The van der Waals surface area contributed by atoms with Crippen molar-refractivity contribution >= 4 is 11.9 Å². The Bertz CT molecular complexity index is 1290. The maximum atomic E-state index is 12.8. The van der Waals surface area contributed by atoms with Crippen LogP contribution in [0.25, 0.3) is 0 Å². The van der Waals surface area contributed by atoms with E-state index in [2.05, 4.69) is 0 Å². The van der Waals surface area contributed by atoms with E-state index in [-0.39, 0.29) is 11.5 Å². The number of benzene rings is 3. The second-order valence-electron chi connectivity index (χ2n) is 8.37. The van der Waals surface area contributed by atoms with E-state index in [0.29, 0.717) is 46.7 Å². The Morgan fingerprint density at radius 3 is 2.53 bits per heavy atom. The first-order valence-corrected chi connectivity index (χ1v) is 11.1. The average molecular weight is 460 g/mol. The van der Waals surface area contributed by atoms with Crippen LogP contribution in [0.15, 0.2) is 60.7 Å². The minimum absolute atomic E-state index is 0.000920. The molecule has 0 saturated carbocycles. The zero-order valence-corrected chi connectivity index (χ0v) is 18.3. The summed E-state index contributed by atoms with van der Waals surface area (Å²) < 4.78 is 17.6. The molecule has 1 spiro atoms. The first-order valence-electron chi connectivity index (χ1n) is 11.1. The fourth-order valence-electron chi connectivity index (χ4n) is 4.53. The monoisotopic (exact) mass is 460 g/mol. The maximum absolute atomic E-state index is 12.8. The van der Waals surface area contributed by atoms with Crippen LogP contribution in [0.5, 0.6) is 23.0 Å².